The maximum absolute atomic E-state index is 13.0. The molecule has 0 aromatic heterocycles. The number of nitrogens with zero attached hydrogens (tertiary/aromatic N) is 2. The first kappa shape index (κ1) is 16.7. The van der Waals surface area contributed by atoms with Crippen molar-refractivity contribution in [3.05, 3.63) is 70.0 Å². The topological polar surface area (TPSA) is 114 Å². The number of nitro benzene ring substituents is 1. The number of carbonyl (C=O) groups is 2. The van der Waals surface area contributed by atoms with E-state index in [1.165, 1.54) is 42.5 Å². The molecule has 0 aliphatic heterocycles. The summed E-state index contributed by atoms with van der Waals surface area (Å²) in [5, 5.41) is 16.4. The molecule has 2 rings (SSSR count). The normalized spacial score (nSPS) is 10.4. The molecule has 2 aromatic carbocycles. The zero-order valence-electron chi connectivity index (χ0n) is 12.1. The average Bonchev–Trinajstić information content (AvgIpc) is 2.55. The molecule has 0 unspecified atom stereocenters. The van der Waals surface area contributed by atoms with Gasteiger partial charge >= 0.3 is 11.8 Å². The summed E-state index contributed by atoms with van der Waals surface area (Å²) in [6, 6.07) is 10.6. The van der Waals surface area contributed by atoms with E-state index < -0.39 is 22.6 Å². The Kier molecular flexibility index (Phi) is 5.29. The van der Waals surface area contributed by atoms with Crippen LogP contribution in [0, 0.1) is 15.9 Å². The Morgan fingerprint density at radius 3 is 2.58 bits per heavy atom. The number of hydrogen-bond donors (Lipinski definition) is 2. The highest BCUT2D eigenvalue weighted by Gasteiger charge is 2.13. The number of rotatable bonds is 4. The molecule has 0 saturated carbocycles. The average molecular weight is 330 g/mol. The van der Waals surface area contributed by atoms with Crippen molar-refractivity contribution < 1.29 is 18.9 Å². The summed E-state index contributed by atoms with van der Waals surface area (Å²) >= 11 is 0. The van der Waals surface area contributed by atoms with E-state index in [2.05, 4.69) is 10.4 Å². The van der Waals surface area contributed by atoms with Crippen molar-refractivity contribution in [2.24, 2.45) is 5.10 Å². The zero-order chi connectivity index (χ0) is 17.5. The second kappa shape index (κ2) is 7.58. The number of carbonyl (C=O) groups excluding carboxylic acids is 2. The highest BCUT2D eigenvalue weighted by atomic mass is 19.1. The number of anilines is 1. The van der Waals surface area contributed by atoms with Crippen LogP contribution >= 0.6 is 0 Å². The van der Waals surface area contributed by atoms with Gasteiger partial charge in [-0.3, -0.25) is 19.7 Å². The summed E-state index contributed by atoms with van der Waals surface area (Å²) in [5.74, 6) is -2.66. The summed E-state index contributed by atoms with van der Waals surface area (Å²) in [6.45, 7) is 0. The number of nitrogens with one attached hydrogen (secondary N) is 2. The number of non-ortho nitro benzene ring substituents is 1. The molecule has 2 aromatic rings. The van der Waals surface area contributed by atoms with Crippen LogP contribution in [-0.2, 0) is 9.59 Å². The molecular formula is C15H11FN4O4. The first-order chi connectivity index (χ1) is 11.5. The summed E-state index contributed by atoms with van der Waals surface area (Å²) in [6.07, 6.45) is 1.15. The van der Waals surface area contributed by atoms with Gasteiger partial charge in [0.25, 0.3) is 5.69 Å². The fourth-order valence-electron chi connectivity index (χ4n) is 1.69. The van der Waals surface area contributed by atoms with Gasteiger partial charge in [0, 0.05) is 23.4 Å². The molecular weight excluding hydrogens is 319 g/mol. The monoisotopic (exact) mass is 330 g/mol. The molecule has 122 valence electrons. The minimum atomic E-state index is -1.07. The van der Waals surface area contributed by atoms with Crippen LogP contribution in [0.3, 0.4) is 0 Å². The lowest BCUT2D eigenvalue weighted by atomic mass is 10.2. The van der Waals surface area contributed by atoms with Gasteiger partial charge < -0.3 is 5.32 Å². The maximum Gasteiger partial charge on any atom is 0.329 e. The summed E-state index contributed by atoms with van der Waals surface area (Å²) < 4.78 is 13.0. The van der Waals surface area contributed by atoms with E-state index in [4.69, 9.17) is 0 Å². The molecule has 2 N–H and O–H groups in total. The zero-order valence-corrected chi connectivity index (χ0v) is 12.1. The fourth-order valence-corrected chi connectivity index (χ4v) is 1.69. The van der Waals surface area contributed by atoms with E-state index in [-0.39, 0.29) is 11.4 Å². The largest absolute Gasteiger partial charge is 0.329 e. The molecule has 2 amide bonds. The summed E-state index contributed by atoms with van der Waals surface area (Å²) in [5.41, 5.74) is 2.33. The van der Waals surface area contributed by atoms with Crippen molar-refractivity contribution >= 4 is 29.4 Å². The Bertz CT molecular complexity index is 823. The predicted molar refractivity (Wildman–Crippen MR) is 83.9 cm³/mol. The van der Waals surface area contributed by atoms with E-state index in [0.29, 0.717) is 5.56 Å². The summed E-state index contributed by atoms with van der Waals surface area (Å²) in [4.78, 5) is 33.2. The van der Waals surface area contributed by atoms with E-state index in [9.17, 15) is 24.1 Å². The van der Waals surface area contributed by atoms with Gasteiger partial charge in [-0.2, -0.15) is 5.10 Å². The third kappa shape index (κ3) is 4.70. The Balaban J connectivity index is 1.93. The SMILES string of the molecule is O=C(N/N=C\c1cccc([N+](=O)[O-])c1)C(=O)Nc1cccc(F)c1. The van der Waals surface area contributed by atoms with Crippen LogP contribution < -0.4 is 10.7 Å². The van der Waals surface area contributed by atoms with Gasteiger partial charge in [-0.1, -0.05) is 18.2 Å². The van der Waals surface area contributed by atoms with Crippen LogP contribution in [0.1, 0.15) is 5.56 Å². The van der Waals surface area contributed by atoms with Crippen molar-refractivity contribution in [3.63, 3.8) is 0 Å². The van der Waals surface area contributed by atoms with Crippen LogP contribution in [0.4, 0.5) is 15.8 Å². The molecule has 0 atom stereocenters. The van der Waals surface area contributed by atoms with E-state index in [1.807, 2.05) is 5.43 Å². The lowest BCUT2D eigenvalue weighted by molar-refractivity contribution is -0.384. The molecule has 0 heterocycles. The molecule has 0 fully saturated rings. The molecule has 0 aliphatic carbocycles. The smallest absolute Gasteiger partial charge is 0.318 e. The van der Waals surface area contributed by atoms with Gasteiger partial charge in [0.15, 0.2) is 0 Å². The summed E-state index contributed by atoms with van der Waals surface area (Å²) in [7, 11) is 0. The Morgan fingerprint density at radius 2 is 1.88 bits per heavy atom. The second-order valence-corrected chi connectivity index (χ2v) is 4.52. The predicted octanol–water partition coefficient (Wildman–Crippen LogP) is 1.82. The van der Waals surface area contributed by atoms with Crippen LogP contribution in [-0.4, -0.2) is 23.0 Å². The van der Waals surface area contributed by atoms with Gasteiger partial charge in [0.05, 0.1) is 11.1 Å². The van der Waals surface area contributed by atoms with Gasteiger partial charge in [-0.25, -0.2) is 9.82 Å². The third-order valence-corrected chi connectivity index (χ3v) is 2.75. The van der Waals surface area contributed by atoms with E-state index in [1.54, 1.807) is 0 Å². The Labute approximate surface area is 135 Å². The number of halogens is 1. The quantitative estimate of drug-likeness (QED) is 0.385. The fraction of sp³-hybridized carbons (Fsp3) is 0. The molecule has 0 saturated heterocycles. The lowest BCUT2D eigenvalue weighted by Crippen LogP contribution is -2.32. The highest BCUT2D eigenvalue weighted by Crippen LogP contribution is 2.11. The molecule has 0 spiro atoms. The second-order valence-electron chi connectivity index (χ2n) is 4.52. The lowest BCUT2D eigenvalue weighted by Gasteiger charge is -2.03. The van der Waals surface area contributed by atoms with Crippen molar-refractivity contribution in [2.75, 3.05) is 5.32 Å². The van der Waals surface area contributed by atoms with Crippen LogP contribution in [0.5, 0.6) is 0 Å². The van der Waals surface area contributed by atoms with Gasteiger partial charge in [0.1, 0.15) is 5.82 Å². The highest BCUT2D eigenvalue weighted by molar-refractivity contribution is 6.39. The number of benzene rings is 2. The van der Waals surface area contributed by atoms with Gasteiger partial charge in [-0.05, 0) is 18.2 Å². The number of hydrazone groups is 1. The molecule has 8 nitrogen and oxygen atoms in total. The molecule has 0 bridgehead atoms. The maximum atomic E-state index is 13.0. The molecule has 24 heavy (non-hydrogen) atoms. The Morgan fingerprint density at radius 1 is 1.12 bits per heavy atom. The van der Waals surface area contributed by atoms with Gasteiger partial charge in [0.2, 0.25) is 0 Å². The van der Waals surface area contributed by atoms with E-state index in [0.717, 1.165) is 12.3 Å². The van der Waals surface area contributed by atoms with Crippen LogP contribution in [0.2, 0.25) is 0 Å². The minimum Gasteiger partial charge on any atom is -0.318 e. The number of amides is 2. The standard InChI is InChI=1S/C15H11FN4O4/c16-11-4-2-5-12(8-11)18-14(21)15(22)19-17-9-10-3-1-6-13(7-10)20(23)24/h1-9H,(H,18,21)(H,19,22)/b17-9-. The van der Waals surface area contributed by atoms with E-state index >= 15 is 0 Å². The number of nitro groups is 1. The van der Waals surface area contributed by atoms with Crippen LogP contribution in [0.25, 0.3) is 0 Å². The molecule has 0 radical (unpaired) electrons. The van der Waals surface area contributed by atoms with Crippen LogP contribution in [0.15, 0.2) is 53.6 Å². The molecule has 0 aliphatic rings. The van der Waals surface area contributed by atoms with Gasteiger partial charge in [-0.15, -0.1) is 0 Å². The van der Waals surface area contributed by atoms with Crippen molar-refractivity contribution in [1.29, 1.82) is 0 Å². The van der Waals surface area contributed by atoms with Crippen molar-refractivity contribution in [3.8, 4) is 0 Å². The minimum absolute atomic E-state index is 0.123. The molecule has 9 heteroatoms. The third-order valence-electron chi connectivity index (χ3n) is 2.75. The van der Waals surface area contributed by atoms with Crippen molar-refractivity contribution in [1.82, 2.24) is 5.43 Å². The first-order valence-electron chi connectivity index (χ1n) is 6.60. The first-order valence-corrected chi connectivity index (χ1v) is 6.60. The number of hydrogen-bond acceptors (Lipinski definition) is 5. The Hall–Kier alpha value is -3.62. The van der Waals surface area contributed by atoms with Crippen molar-refractivity contribution in [2.45, 2.75) is 0 Å².